The number of hydrogen-bond acceptors (Lipinski definition) is 5. The molecule has 7 nitrogen and oxygen atoms in total. The van der Waals surface area contributed by atoms with Crippen LogP contribution in [0, 0.1) is 6.92 Å². The number of rotatable bonds is 7. The summed E-state index contributed by atoms with van der Waals surface area (Å²) in [5.74, 6) is -2.86. The van der Waals surface area contributed by atoms with Gasteiger partial charge in [-0.15, -0.1) is 0 Å². The molecular weight excluding hydrogens is 497 g/mol. The van der Waals surface area contributed by atoms with E-state index in [9.17, 15) is 40.0 Å². The Morgan fingerprint density at radius 1 is 1.15 bits per heavy atom. The van der Waals surface area contributed by atoms with E-state index in [2.05, 4.69) is 10.3 Å². The van der Waals surface area contributed by atoms with Gasteiger partial charge in [0.15, 0.2) is 9.84 Å². The minimum absolute atomic E-state index is 0.0367. The highest BCUT2D eigenvalue weighted by molar-refractivity contribution is 7.91. The number of carbonyl (C=O) groups excluding carboxylic acids is 2. The molecule has 0 atom stereocenters. The Morgan fingerprint density at radius 3 is 2.33 bits per heavy atom. The lowest BCUT2D eigenvalue weighted by Crippen LogP contribution is -2.30. The van der Waals surface area contributed by atoms with Gasteiger partial charge in [0.2, 0.25) is 0 Å². The number of amides is 2. The van der Waals surface area contributed by atoms with Crippen LogP contribution in [0.1, 0.15) is 38.9 Å². The van der Waals surface area contributed by atoms with E-state index in [1.54, 1.807) is 0 Å². The van der Waals surface area contributed by atoms with Crippen LogP contribution in [0.15, 0.2) is 29.3 Å². The van der Waals surface area contributed by atoms with Gasteiger partial charge < -0.3 is 10.6 Å². The first-order valence-corrected chi connectivity index (χ1v) is 11.2. The van der Waals surface area contributed by atoms with E-state index in [-0.39, 0.29) is 21.8 Å². The summed E-state index contributed by atoms with van der Waals surface area (Å²) in [6.45, 7) is 1.60. The van der Waals surface area contributed by atoms with Crippen LogP contribution in [0.5, 0.6) is 0 Å². The lowest BCUT2D eigenvalue weighted by Gasteiger charge is -2.16. The summed E-state index contributed by atoms with van der Waals surface area (Å²) in [6.07, 6.45) is -7.47. The molecule has 0 aliphatic heterocycles. The van der Waals surface area contributed by atoms with Crippen LogP contribution in [0.25, 0.3) is 0 Å². The number of alkyl halides is 5. The summed E-state index contributed by atoms with van der Waals surface area (Å²) in [6, 6.07) is 2.70. The number of nitrogens with zero attached hydrogens (tertiary/aromatic N) is 1. The average molecular weight is 514 g/mol. The minimum atomic E-state index is -4.91. The van der Waals surface area contributed by atoms with Crippen LogP contribution in [0.4, 0.5) is 27.6 Å². The quantitative estimate of drug-likeness (QED) is 0.542. The molecule has 0 bridgehead atoms. The SMILES string of the molecule is CCS(=O)(=O)c1cc(C(F)(F)F)cnc1C(=O)Nc1c(C)cc(Cl)cc1C(=O)NCC(F)F. The third kappa shape index (κ3) is 6.38. The monoisotopic (exact) mass is 513 g/mol. The number of halogens is 6. The highest BCUT2D eigenvalue weighted by Crippen LogP contribution is 2.32. The van der Waals surface area contributed by atoms with Gasteiger partial charge in [-0.2, -0.15) is 13.2 Å². The van der Waals surface area contributed by atoms with Crippen molar-refractivity contribution in [2.75, 3.05) is 17.6 Å². The molecule has 0 saturated heterocycles. The normalized spacial score (nSPS) is 12.0. The summed E-state index contributed by atoms with van der Waals surface area (Å²) in [5.41, 5.74) is -2.54. The van der Waals surface area contributed by atoms with Crippen LogP contribution >= 0.6 is 11.6 Å². The fourth-order valence-corrected chi connectivity index (χ4v) is 4.02. The molecule has 14 heteroatoms. The van der Waals surface area contributed by atoms with E-state index in [1.807, 2.05) is 5.32 Å². The number of aromatic nitrogens is 1. The number of hydrogen-bond donors (Lipinski definition) is 2. The second-order valence-electron chi connectivity index (χ2n) is 6.67. The smallest absolute Gasteiger partial charge is 0.346 e. The topological polar surface area (TPSA) is 105 Å². The molecule has 2 rings (SSSR count). The van der Waals surface area contributed by atoms with Crippen LogP contribution < -0.4 is 10.6 Å². The number of carbonyl (C=O) groups is 2. The van der Waals surface area contributed by atoms with Crippen molar-refractivity contribution in [1.29, 1.82) is 0 Å². The molecule has 1 heterocycles. The molecular formula is C19H17ClF5N3O4S. The van der Waals surface area contributed by atoms with Gasteiger partial charge in [-0.3, -0.25) is 9.59 Å². The number of aryl methyl sites for hydroxylation is 1. The Balaban J connectivity index is 2.56. The van der Waals surface area contributed by atoms with Crippen molar-refractivity contribution in [3.8, 4) is 0 Å². The molecule has 1 aromatic heterocycles. The summed E-state index contributed by atoms with van der Waals surface area (Å²) in [7, 11) is -4.32. The molecule has 0 radical (unpaired) electrons. The molecule has 0 fully saturated rings. The summed E-state index contributed by atoms with van der Waals surface area (Å²) < 4.78 is 88.8. The third-order valence-corrected chi connectivity index (χ3v) is 6.27. The van der Waals surface area contributed by atoms with Crippen LogP contribution in [0.3, 0.4) is 0 Å². The van der Waals surface area contributed by atoms with Gasteiger partial charge in [-0.05, 0) is 30.7 Å². The zero-order valence-corrected chi connectivity index (χ0v) is 18.6. The first kappa shape index (κ1) is 26.5. The maximum Gasteiger partial charge on any atom is 0.417 e. The molecule has 0 saturated carbocycles. The van der Waals surface area contributed by atoms with Crippen molar-refractivity contribution in [1.82, 2.24) is 10.3 Å². The fourth-order valence-electron chi connectivity index (χ4n) is 2.69. The zero-order valence-electron chi connectivity index (χ0n) is 17.1. The molecule has 33 heavy (non-hydrogen) atoms. The fraction of sp³-hybridized carbons (Fsp3) is 0.316. The molecule has 0 spiro atoms. The van der Waals surface area contributed by atoms with Gasteiger partial charge in [0, 0.05) is 11.2 Å². The zero-order chi connectivity index (χ0) is 25.1. The van der Waals surface area contributed by atoms with E-state index >= 15 is 0 Å². The van der Waals surface area contributed by atoms with E-state index in [0.29, 0.717) is 12.3 Å². The van der Waals surface area contributed by atoms with Gasteiger partial charge in [-0.1, -0.05) is 18.5 Å². The second-order valence-corrected chi connectivity index (χ2v) is 9.36. The Morgan fingerprint density at radius 2 is 1.79 bits per heavy atom. The molecule has 0 aliphatic rings. The van der Waals surface area contributed by atoms with E-state index in [4.69, 9.17) is 11.6 Å². The first-order chi connectivity index (χ1) is 15.2. The number of anilines is 1. The van der Waals surface area contributed by atoms with Crippen molar-refractivity contribution < 1.29 is 40.0 Å². The molecule has 0 unspecified atom stereocenters. The van der Waals surface area contributed by atoms with E-state index in [1.165, 1.54) is 19.9 Å². The Hall–Kier alpha value is -2.80. The molecule has 2 aromatic rings. The first-order valence-electron chi connectivity index (χ1n) is 9.15. The van der Waals surface area contributed by atoms with Crippen LogP contribution in [0.2, 0.25) is 5.02 Å². The standard InChI is InChI=1S/C19H17ClF5N3O4S/c1-3-33(31,32)13-5-10(19(23,24)25)7-26-16(13)18(30)28-15-9(2)4-11(20)6-12(15)17(29)27-8-14(21)22/h4-7,14H,3,8H2,1-2H3,(H,27,29)(H,28,30). The number of benzene rings is 1. The van der Waals surface area contributed by atoms with E-state index in [0.717, 1.165) is 6.07 Å². The number of pyridine rings is 1. The molecule has 2 amide bonds. The Labute approximate surface area is 190 Å². The predicted molar refractivity (Wildman–Crippen MR) is 109 cm³/mol. The van der Waals surface area contributed by atoms with E-state index < -0.39 is 62.7 Å². The van der Waals surface area contributed by atoms with Crippen molar-refractivity contribution in [2.24, 2.45) is 0 Å². The molecule has 2 N–H and O–H groups in total. The molecule has 0 aliphatic carbocycles. The molecule has 1 aromatic carbocycles. The highest BCUT2D eigenvalue weighted by atomic mass is 35.5. The Kier molecular flexibility index (Phi) is 8.01. The van der Waals surface area contributed by atoms with Gasteiger partial charge in [-0.25, -0.2) is 22.2 Å². The van der Waals surface area contributed by atoms with Crippen molar-refractivity contribution >= 4 is 38.9 Å². The van der Waals surface area contributed by atoms with Crippen LogP contribution in [-0.4, -0.2) is 43.9 Å². The predicted octanol–water partition coefficient (Wildman–Crippen LogP) is 4.10. The Bertz CT molecular complexity index is 1190. The number of sulfone groups is 1. The highest BCUT2D eigenvalue weighted by Gasteiger charge is 2.34. The van der Waals surface area contributed by atoms with Crippen LogP contribution in [-0.2, 0) is 16.0 Å². The van der Waals surface area contributed by atoms with Gasteiger partial charge in [0.1, 0.15) is 5.69 Å². The largest absolute Gasteiger partial charge is 0.417 e. The number of nitrogens with one attached hydrogen (secondary N) is 2. The molecule has 180 valence electrons. The maximum absolute atomic E-state index is 13.1. The van der Waals surface area contributed by atoms with Crippen molar-refractivity contribution in [3.05, 3.63) is 51.8 Å². The lowest BCUT2D eigenvalue weighted by molar-refractivity contribution is -0.138. The van der Waals surface area contributed by atoms with Gasteiger partial charge >= 0.3 is 6.18 Å². The second kappa shape index (κ2) is 10.00. The maximum atomic E-state index is 13.1. The summed E-state index contributed by atoms with van der Waals surface area (Å²) in [4.78, 5) is 27.6. The summed E-state index contributed by atoms with van der Waals surface area (Å²) >= 11 is 5.91. The van der Waals surface area contributed by atoms with Gasteiger partial charge in [0.25, 0.3) is 18.2 Å². The summed E-state index contributed by atoms with van der Waals surface area (Å²) in [5, 5.41) is 4.21. The third-order valence-electron chi connectivity index (χ3n) is 4.31. The van der Waals surface area contributed by atoms with Crippen molar-refractivity contribution in [2.45, 2.75) is 31.3 Å². The minimum Gasteiger partial charge on any atom is -0.346 e. The van der Waals surface area contributed by atoms with Crippen molar-refractivity contribution in [3.63, 3.8) is 0 Å². The average Bonchev–Trinajstić information content (AvgIpc) is 2.72. The van der Waals surface area contributed by atoms with Gasteiger partial charge in [0.05, 0.1) is 34.0 Å². The lowest BCUT2D eigenvalue weighted by atomic mass is 10.1.